The Morgan fingerprint density at radius 2 is 1.78 bits per heavy atom. The number of likely N-dealkylation sites (tertiary alicyclic amines) is 1. The van der Waals surface area contributed by atoms with Gasteiger partial charge in [0.15, 0.2) is 0 Å². The summed E-state index contributed by atoms with van der Waals surface area (Å²) in [6.07, 6.45) is 3.40. The third-order valence-electron chi connectivity index (χ3n) is 4.50. The molecule has 128 valence electrons. The third kappa shape index (κ3) is 3.75. The van der Waals surface area contributed by atoms with Crippen LogP contribution >= 0.6 is 28.3 Å². The Morgan fingerprint density at radius 3 is 2.39 bits per heavy atom. The molecule has 1 amide bonds. The lowest BCUT2D eigenvalue weighted by molar-refractivity contribution is 0.0747. The van der Waals surface area contributed by atoms with Crippen molar-refractivity contribution >= 4 is 34.2 Å². The van der Waals surface area contributed by atoms with Gasteiger partial charge in [-0.1, -0.05) is 0 Å². The van der Waals surface area contributed by atoms with Crippen molar-refractivity contribution in [3.8, 4) is 11.5 Å². The van der Waals surface area contributed by atoms with E-state index in [4.69, 9.17) is 9.47 Å². The fourth-order valence-corrected chi connectivity index (χ4v) is 3.86. The van der Waals surface area contributed by atoms with Crippen molar-refractivity contribution in [3.63, 3.8) is 0 Å². The van der Waals surface area contributed by atoms with E-state index in [-0.39, 0.29) is 18.3 Å². The number of methoxy groups -OCH3 is 2. The van der Waals surface area contributed by atoms with Crippen molar-refractivity contribution in [1.29, 1.82) is 0 Å². The van der Waals surface area contributed by atoms with Gasteiger partial charge in [-0.15, -0.1) is 12.4 Å². The van der Waals surface area contributed by atoms with Crippen molar-refractivity contribution in [2.45, 2.75) is 31.3 Å². The van der Waals surface area contributed by atoms with Crippen LogP contribution < -0.4 is 14.8 Å². The highest BCUT2D eigenvalue weighted by molar-refractivity contribution is 9.10. The lowest BCUT2D eigenvalue weighted by Crippen LogP contribution is -2.39. The summed E-state index contributed by atoms with van der Waals surface area (Å²) >= 11 is 3.44. The van der Waals surface area contributed by atoms with Crippen molar-refractivity contribution in [1.82, 2.24) is 10.2 Å². The Morgan fingerprint density at radius 1 is 1.17 bits per heavy atom. The number of nitrogens with one attached hydrogen (secondary N) is 1. The molecule has 2 unspecified atom stereocenters. The van der Waals surface area contributed by atoms with Crippen LogP contribution in [-0.2, 0) is 0 Å². The van der Waals surface area contributed by atoms with Crippen LogP contribution in [0.4, 0.5) is 0 Å². The van der Waals surface area contributed by atoms with Gasteiger partial charge >= 0.3 is 0 Å². The molecule has 2 aliphatic heterocycles. The second-order valence-corrected chi connectivity index (χ2v) is 6.67. The average Bonchev–Trinajstić information content (AvgIpc) is 2.86. The standard InChI is InChI=1S/C16H21BrN2O3.ClH/c1-21-13-7-10(8-14(22-2)15(13)17)16(20)19-6-5-11-3-4-12(9-19)18-11;/h7-8,11-12,18H,3-6,9H2,1-2H3;1H. The number of rotatable bonds is 3. The largest absolute Gasteiger partial charge is 0.495 e. The Hall–Kier alpha value is -0.980. The van der Waals surface area contributed by atoms with Gasteiger partial charge in [0, 0.05) is 30.7 Å². The second-order valence-electron chi connectivity index (χ2n) is 5.87. The van der Waals surface area contributed by atoms with Gasteiger partial charge in [-0.25, -0.2) is 0 Å². The maximum absolute atomic E-state index is 12.8. The summed E-state index contributed by atoms with van der Waals surface area (Å²) in [7, 11) is 3.17. The Labute approximate surface area is 151 Å². The van der Waals surface area contributed by atoms with Crippen LogP contribution in [0.25, 0.3) is 0 Å². The summed E-state index contributed by atoms with van der Waals surface area (Å²) in [5, 5.41) is 3.59. The summed E-state index contributed by atoms with van der Waals surface area (Å²) in [6, 6.07) is 4.53. The lowest BCUT2D eigenvalue weighted by atomic mass is 10.1. The first-order valence-corrected chi connectivity index (χ1v) is 8.38. The molecule has 3 rings (SSSR count). The number of carbonyl (C=O) groups excluding carboxylic acids is 1. The minimum atomic E-state index is 0. The van der Waals surface area contributed by atoms with E-state index >= 15 is 0 Å². The number of fused-ring (bicyclic) bond motifs is 2. The third-order valence-corrected chi connectivity index (χ3v) is 5.28. The number of ether oxygens (including phenoxy) is 2. The van der Waals surface area contributed by atoms with E-state index in [1.807, 2.05) is 4.90 Å². The molecule has 2 bridgehead atoms. The monoisotopic (exact) mass is 404 g/mol. The number of amides is 1. The second kappa shape index (κ2) is 7.73. The van der Waals surface area contributed by atoms with Crippen LogP contribution in [-0.4, -0.2) is 50.2 Å². The zero-order chi connectivity index (χ0) is 15.7. The first-order chi connectivity index (χ1) is 10.6. The van der Waals surface area contributed by atoms with E-state index < -0.39 is 0 Å². The number of nitrogens with zero attached hydrogens (tertiary/aromatic N) is 1. The highest BCUT2D eigenvalue weighted by Gasteiger charge is 2.31. The van der Waals surface area contributed by atoms with Crippen molar-refractivity contribution in [2.75, 3.05) is 27.3 Å². The summed E-state index contributed by atoms with van der Waals surface area (Å²) in [5.41, 5.74) is 0.606. The lowest BCUT2D eigenvalue weighted by Gasteiger charge is -2.25. The van der Waals surface area contributed by atoms with Crippen molar-refractivity contribution < 1.29 is 14.3 Å². The summed E-state index contributed by atoms with van der Waals surface area (Å²) in [4.78, 5) is 14.8. The summed E-state index contributed by atoms with van der Waals surface area (Å²) in [5.74, 6) is 1.26. The topological polar surface area (TPSA) is 50.8 Å². The molecule has 7 heteroatoms. The molecule has 2 fully saturated rings. The van der Waals surface area contributed by atoms with Gasteiger partial charge in [0.05, 0.1) is 14.2 Å². The molecule has 2 heterocycles. The fraction of sp³-hybridized carbons (Fsp3) is 0.562. The minimum absolute atomic E-state index is 0. The van der Waals surface area contributed by atoms with E-state index in [0.29, 0.717) is 29.1 Å². The molecule has 2 aliphatic rings. The molecule has 23 heavy (non-hydrogen) atoms. The SMILES string of the molecule is COc1cc(C(=O)N2CCC3CCC(C2)N3)cc(OC)c1Br.Cl. The molecule has 1 N–H and O–H groups in total. The molecule has 0 spiro atoms. The van der Waals surface area contributed by atoms with Crippen LogP contribution in [0.1, 0.15) is 29.6 Å². The Bertz CT molecular complexity index is 559. The smallest absolute Gasteiger partial charge is 0.254 e. The highest BCUT2D eigenvalue weighted by atomic mass is 79.9. The van der Waals surface area contributed by atoms with Crippen LogP contribution in [0.5, 0.6) is 11.5 Å². The van der Waals surface area contributed by atoms with Crippen LogP contribution in [0, 0.1) is 0 Å². The van der Waals surface area contributed by atoms with Gasteiger partial charge in [0.1, 0.15) is 16.0 Å². The molecule has 0 saturated carbocycles. The van der Waals surface area contributed by atoms with Crippen LogP contribution in [0.2, 0.25) is 0 Å². The fourth-order valence-electron chi connectivity index (χ4n) is 3.30. The Balaban J connectivity index is 0.00000192. The molecular weight excluding hydrogens is 384 g/mol. The Kier molecular flexibility index (Phi) is 6.17. The van der Waals surface area contributed by atoms with E-state index in [1.54, 1.807) is 26.4 Å². The maximum atomic E-state index is 12.8. The van der Waals surface area contributed by atoms with Gasteiger partial charge < -0.3 is 19.7 Å². The first-order valence-electron chi connectivity index (χ1n) is 7.59. The maximum Gasteiger partial charge on any atom is 0.254 e. The predicted molar refractivity (Wildman–Crippen MR) is 95.0 cm³/mol. The molecule has 1 aromatic rings. The normalized spacial score (nSPS) is 23.0. The molecular formula is C16H22BrClN2O3. The number of carbonyl (C=O) groups is 1. The molecule has 2 atom stereocenters. The first kappa shape index (κ1) is 18.4. The minimum Gasteiger partial charge on any atom is -0.495 e. The molecule has 0 aliphatic carbocycles. The van der Waals surface area contributed by atoms with Gasteiger partial charge in [-0.2, -0.15) is 0 Å². The van der Waals surface area contributed by atoms with Gasteiger partial charge in [0.25, 0.3) is 5.91 Å². The van der Waals surface area contributed by atoms with E-state index in [1.165, 1.54) is 6.42 Å². The molecule has 1 aromatic carbocycles. The zero-order valence-electron chi connectivity index (χ0n) is 13.3. The average molecular weight is 406 g/mol. The number of hydrogen-bond donors (Lipinski definition) is 1. The van der Waals surface area contributed by atoms with Gasteiger partial charge in [0.2, 0.25) is 0 Å². The summed E-state index contributed by atoms with van der Waals surface area (Å²) < 4.78 is 11.4. The number of hydrogen-bond acceptors (Lipinski definition) is 4. The van der Waals surface area contributed by atoms with Gasteiger partial charge in [-0.3, -0.25) is 4.79 Å². The van der Waals surface area contributed by atoms with E-state index in [2.05, 4.69) is 21.2 Å². The molecule has 5 nitrogen and oxygen atoms in total. The molecule has 2 saturated heterocycles. The van der Waals surface area contributed by atoms with Crippen molar-refractivity contribution in [2.24, 2.45) is 0 Å². The van der Waals surface area contributed by atoms with Crippen LogP contribution in [0.15, 0.2) is 16.6 Å². The number of halogens is 2. The highest BCUT2D eigenvalue weighted by Crippen LogP contribution is 2.36. The van der Waals surface area contributed by atoms with Gasteiger partial charge in [-0.05, 0) is 47.3 Å². The van der Waals surface area contributed by atoms with E-state index in [9.17, 15) is 4.79 Å². The van der Waals surface area contributed by atoms with Crippen molar-refractivity contribution in [3.05, 3.63) is 22.2 Å². The molecule has 0 radical (unpaired) electrons. The van der Waals surface area contributed by atoms with E-state index in [0.717, 1.165) is 30.4 Å². The number of benzene rings is 1. The zero-order valence-corrected chi connectivity index (χ0v) is 15.7. The van der Waals surface area contributed by atoms with Crippen LogP contribution in [0.3, 0.4) is 0 Å². The summed E-state index contributed by atoms with van der Waals surface area (Å²) in [6.45, 7) is 1.57. The molecule has 0 aromatic heterocycles. The predicted octanol–water partition coefficient (Wildman–Crippen LogP) is 2.85. The quantitative estimate of drug-likeness (QED) is 0.840.